The molecule has 1 heterocycles. The summed E-state index contributed by atoms with van der Waals surface area (Å²) in [5.74, 6) is 0.785. The highest BCUT2D eigenvalue weighted by molar-refractivity contribution is 8.00. The van der Waals surface area contributed by atoms with Crippen LogP contribution in [-0.4, -0.2) is 25.9 Å². The van der Waals surface area contributed by atoms with Crippen LogP contribution in [-0.2, 0) is 11.3 Å². The van der Waals surface area contributed by atoms with Crippen LogP contribution in [0.2, 0.25) is 0 Å². The first-order valence-electron chi connectivity index (χ1n) is 9.03. The number of anilines is 1. The maximum Gasteiger partial charge on any atom is 0.237 e. The van der Waals surface area contributed by atoms with Gasteiger partial charge in [0, 0.05) is 17.8 Å². The predicted octanol–water partition coefficient (Wildman–Crippen LogP) is 4.70. The van der Waals surface area contributed by atoms with Gasteiger partial charge in [-0.05, 0) is 38.8 Å². The van der Waals surface area contributed by atoms with Gasteiger partial charge in [0.05, 0.1) is 5.25 Å². The fourth-order valence-corrected chi connectivity index (χ4v) is 3.82. The number of carbonyl (C=O) groups is 1. The Morgan fingerprint density at radius 1 is 1.07 bits per heavy atom. The van der Waals surface area contributed by atoms with Crippen LogP contribution in [0.15, 0.2) is 53.7 Å². The molecule has 3 rings (SSSR count). The van der Waals surface area contributed by atoms with Gasteiger partial charge < -0.3 is 9.88 Å². The topological polar surface area (TPSA) is 59.8 Å². The summed E-state index contributed by atoms with van der Waals surface area (Å²) in [4.78, 5) is 12.7. The zero-order valence-corrected chi connectivity index (χ0v) is 16.9. The molecule has 0 aliphatic rings. The maximum absolute atomic E-state index is 12.7. The molecule has 0 bridgehead atoms. The minimum atomic E-state index is -0.290. The number of rotatable bonds is 6. The second-order valence-corrected chi connectivity index (χ2v) is 7.74. The van der Waals surface area contributed by atoms with Gasteiger partial charge in [0.2, 0.25) is 5.91 Å². The summed E-state index contributed by atoms with van der Waals surface area (Å²) in [6.45, 7) is 8.69. The number of aromatic nitrogens is 3. The van der Waals surface area contributed by atoms with Crippen LogP contribution < -0.4 is 5.32 Å². The lowest BCUT2D eigenvalue weighted by atomic mass is 10.1. The standard InChI is InChI=1S/C21H24N4OS/c1-5-25-19(17-12-7-6-8-13-17)23-24-21(25)27-16(4)20(26)22-18-14(2)10-9-11-15(18)3/h6-13,16H,5H2,1-4H3,(H,22,26)/t16-/m0/s1. The van der Waals surface area contributed by atoms with Gasteiger partial charge in [-0.25, -0.2) is 0 Å². The van der Waals surface area contributed by atoms with E-state index in [0.717, 1.165) is 39.9 Å². The Labute approximate surface area is 164 Å². The molecule has 0 spiro atoms. The summed E-state index contributed by atoms with van der Waals surface area (Å²) >= 11 is 1.43. The van der Waals surface area contributed by atoms with Crippen molar-refractivity contribution in [3.63, 3.8) is 0 Å². The summed E-state index contributed by atoms with van der Waals surface area (Å²) in [5, 5.41) is 12.2. The number of benzene rings is 2. The largest absolute Gasteiger partial charge is 0.325 e. The molecule has 1 N–H and O–H groups in total. The summed E-state index contributed by atoms with van der Waals surface area (Å²) in [7, 11) is 0. The molecule has 0 aliphatic carbocycles. The van der Waals surface area contributed by atoms with Gasteiger partial charge in [0.15, 0.2) is 11.0 Å². The highest BCUT2D eigenvalue weighted by Crippen LogP contribution is 2.28. The van der Waals surface area contributed by atoms with Crippen LogP contribution in [0.3, 0.4) is 0 Å². The smallest absolute Gasteiger partial charge is 0.237 e. The molecule has 0 saturated heterocycles. The average molecular weight is 381 g/mol. The van der Waals surface area contributed by atoms with Gasteiger partial charge in [-0.1, -0.05) is 60.3 Å². The van der Waals surface area contributed by atoms with Crippen molar-refractivity contribution >= 4 is 23.4 Å². The number of nitrogens with one attached hydrogen (secondary N) is 1. The van der Waals surface area contributed by atoms with E-state index in [9.17, 15) is 4.79 Å². The van der Waals surface area contributed by atoms with Gasteiger partial charge in [0.25, 0.3) is 0 Å². The normalized spacial score (nSPS) is 12.0. The molecule has 6 heteroatoms. The highest BCUT2D eigenvalue weighted by atomic mass is 32.2. The van der Waals surface area contributed by atoms with Crippen molar-refractivity contribution in [2.75, 3.05) is 5.32 Å². The van der Waals surface area contributed by atoms with E-state index in [2.05, 4.69) is 22.4 Å². The Morgan fingerprint density at radius 3 is 2.37 bits per heavy atom. The number of para-hydroxylation sites is 1. The van der Waals surface area contributed by atoms with Crippen molar-refractivity contribution in [3.8, 4) is 11.4 Å². The van der Waals surface area contributed by atoms with Gasteiger partial charge in [0.1, 0.15) is 0 Å². The van der Waals surface area contributed by atoms with E-state index in [-0.39, 0.29) is 11.2 Å². The summed E-state index contributed by atoms with van der Waals surface area (Å²) in [6.07, 6.45) is 0. The first kappa shape index (κ1) is 19.2. The second-order valence-electron chi connectivity index (χ2n) is 6.43. The molecule has 0 unspecified atom stereocenters. The molecule has 0 saturated carbocycles. The number of hydrogen-bond donors (Lipinski definition) is 1. The van der Waals surface area contributed by atoms with Crippen LogP contribution >= 0.6 is 11.8 Å². The molecule has 27 heavy (non-hydrogen) atoms. The molecule has 2 aromatic carbocycles. The Balaban J connectivity index is 1.77. The zero-order valence-electron chi connectivity index (χ0n) is 16.1. The highest BCUT2D eigenvalue weighted by Gasteiger charge is 2.21. The average Bonchev–Trinajstić information content (AvgIpc) is 3.07. The van der Waals surface area contributed by atoms with Crippen LogP contribution in [0.5, 0.6) is 0 Å². The molecule has 1 aromatic heterocycles. The van der Waals surface area contributed by atoms with E-state index in [1.165, 1.54) is 11.8 Å². The lowest BCUT2D eigenvalue weighted by Gasteiger charge is -2.15. The van der Waals surface area contributed by atoms with Crippen LogP contribution in [0.4, 0.5) is 5.69 Å². The van der Waals surface area contributed by atoms with E-state index >= 15 is 0 Å². The van der Waals surface area contributed by atoms with Crippen LogP contribution in [0.25, 0.3) is 11.4 Å². The third-order valence-corrected chi connectivity index (χ3v) is 5.53. The van der Waals surface area contributed by atoms with Crippen molar-refractivity contribution in [1.29, 1.82) is 0 Å². The molecular weight excluding hydrogens is 356 g/mol. The quantitative estimate of drug-likeness (QED) is 0.630. The van der Waals surface area contributed by atoms with Crippen LogP contribution in [0, 0.1) is 13.8 Å². The maximum atomic E-state index is 12.7. The molecule has 5 nitrogen and oxygen atoms in total. The molecule has 1 amide bonds. The number of hydrogen-bond acceptors (Lipinski definition) is 4. The number of thioether (sulfide) groups is 1. The van der Waals surface area contributed by atoms with Gasteiger partial charge in [-0.2, -0.15) is 0 Å². The molecule has 0 aliphatic heterocycles. The SMILES string of the molecule is CCn1c(S[C@@H](C)C(=O)Nc2c(C)cccc2C)nnc1-c1ccccc1. The predicted molar refractivity (Wildman–Crippen MR) is 111 cm³/mol. The molecular formula is C21H24N4OS. The van der Waals surface area contributed by atoms with Crippen molar-refractivity contribution in [3.05, 3.63) is 59.7 Å². The Hall–Kier alpha value is -2.60. The third kappa shape index (κ3) is 4.22. The van der Waals surface area contributed by atoms with E-state index in [1.807, 2.05) is 73.9 Å². The minimum absolute atomic E-state index is 0.0377. The van der Waals surface area contributed by atoms with Crippen molar-refractivity contribution in [1.82, 2.24) is 14.8 Å². The number of carbonyl (C=O) groups excluding carboxylic acids is 1. The van der Waals surface area contributed by atoms with Gasteiger partial charge in [-0.3, -0.25) is 4.79 Å². The summed E-state index contributed by atoms with van der Waals surface area (Å²) < 4.78 is 2.04. The molecule has 3 aromatic rings. The van der Waals surface area contributed by atoms with Crippen LogP contribution in [0.1, 0.15) is 25.0 Å². The zero-order chi connectivity index (χ0) is 19.4. The Kier molecular flexibility index (Phi) is 5.96. The minimum Gasteiger partial charge on any atom is -0.325 e. The van der Waals surface area contributed by atoms with Crippen molar-refractivity contribution in [2.24, 2.45) is 0 Å². The molecule has 0 radical (unpaired) electrons. The number of aryl methyl sites for hydroxylation is 2. The van der Waals surface area contributed by atoms with Gasteiger partial charge in [-0.15, -0.1) is 10.2 Å². The Bertz CT molecular complexity index is 916. The van der Waals surface area contributed by atoms with Crippen molar-refractivity contribution < 1.29 is 4.79 Å². The third-order valence-electron chi connectivity index (χ3n) is 4.45. The van der Waals surface area contributed by atoms with E-state index < -0.39 is 0 Å². The fraction of sp³-hybridized carbons (Fsp3) is 0.286. The van der Waals surface area contributed by atoms with Crippen molar-refractivity contribution in [2.45, 2.75) is 44.6 Å². The second kappa shape index (κ2) is 8.39. The summed E-state index contributed by atoms with van der Waals surface area (Å²) in [5.41, 5.74) is 4.02. The van der Waals surface area contributed by atoms with E-state index in [1.54, 1.807) is 0 Å². The summed E-state index contributed by atoms with van der Waals surface area (Å²) in [6, 6.07) is 16.0. The Morgan fingerprint density at radius 2 is 1.74 bits per heavy atom. The molecule has 1 atom stereocenters. The number of amides is 1. The van der Waals surface area contributed by atoms with E-state index in [0.29, 0.717) is 0 Å². The first-order chi connectivity index (χ1) is 13.0. The first-order valence-corrected chi connectivity index (χ1v) is 9.91. The number of nitrogens with zero attached hydrogens (tertiary/aromatic N) is 3. The molecule has 0 fully saturated rings. The lowest BCUT2D eigenvalue weighted by molar-refractivity contribution is -0.115. The monoisotopic (exact) mass is 380 g/mol. The van der Waals surface area contributed by atoms with Gasteiger partial charge >= 0.3 is 0 Å². The lowest BCUT2D eigenvalue weighted by Crippen LogP contribution is -2.23. The molecule has 140 valence electrons. The van der Waals surface area contributed by atoms with E-state index in [4.69, 9.17) is 0 Å². The fourth-order valence-electron chi connectivity index (χ4n) is 2.91.